The molecule has 0 amide bonds. The van der Waals surface area contributed by atoms with Gasteiger partial charge in [0.15, 0.2) is 11.5 Å². The maximum atomic E-state index is 5.60. The second kappa shape index (κ2) is 18.3. The molecule has 0 bridgehead atoms. The summed E-state index contributed by atoms with van der Waals surface area (Å²) >= 11 is 0. The fourth-order valence-electron chi connectivity index (χ4n) is 3.58. The van der Waals surface area contributed by atoms with Gasteiger partial charge in [0.1, 0.15) is 24.7 Å². The van der Waals surface area contributed by atoms with Crippen LogP contribution in [0.3, 0.4) is 0 Å². The van der Waals surface area contributed by atoms with Crippen molar-refractivity contribution in [2.45, 2.75) is 48.0 Å². The molecule has 0 unspecified atom stereocenters. The van der Waals surface area contributed by atoms with Crippen molar-refractivity contribution in [2.24, 2.45) is 0 Å². The fraction of sp³-hybridized carbons (Fsp3) is 0.333. The molecule has 0 aromatic heterocycles. The van der Waals surface area contributed by atoms with Crippen molar-refractivity contribution >= 4 is 0 Å². The lowest BCUT2D eigenvalue weighted by Gasteiger charge is -2.14. The largest absolute Gasteiger partial charge is 0.493 e. The molecular weight excluding hydrogens is 512 g/mol. The number of rotatable bonds is 10. The lowest BCUT2D eigenvalue weighted by Crippen LogP contribution is -2.08. The van der Waals surface area contributed by atoms with Crippen LogP contribution < -0.4 is 23.7 Å². The van der Waals surface area contributed by atoms with Gasteiger partial charge in [0, 0.05) is 0 Å². The maximum Gasteiger partial charge on any atom is 0.203 e. The molecule has 0 saturated heterocycles. The van der Waals surface area contributed by atoms with Crippen LogP contribution in [-0.4, -0.2) is 34.0 Å². The summed E-state index contributed by atoms with van der Waals surface area (Å²) in [4.78, 5) is 0. The highest BCUT2D eigenvalue weighted by Crippen LogP contribution is 2.38. The topological polar surface area (TPSA) is 46.2 Å². The highest BCUT2D eigenvalue weighted by Gasteiger charge is 2.12. The van der Waals surface area contributed by atoms with Crippen LogP contribution >= 0.6 is 0 Å². The van der Waals surface area contributed by atoms with Crippen LogP contribution in [0.1, 0.15) is 41.2 Å². The number of benzene rings is 4. The third kappa shape index (κ3) is 12.7. The summed E-state index contributed by atoms with van der Waals surface area (Å²) in [7, 11) is 3.26. The fourth-order valence-corrected chi connectivity index (χ4v) is 3.58. The number of methoxy groups -OCH3 is 2. The van der Waals surface area contributed by atoms with Gasteiger partial charge < -0.3 is 23.7 Å². The van der Waals surface area contributed by atoms with Gasteiger partial charge in [-0.15, -0.1) is 0 Å². The highest BCUT2D eigenvalue weighted by atomic mass is 16.5. The molecule has 5 nitrogen and oxygen atoms in total. The van der Waals surface area contributed by atoms with E-state index in [0.29, 0.717) is 25.6 Å². The molecule has 0 aliphatic rings. The summed E-state index contributed by atoms with van der Waals surface area (Å²) in [6.07, 6.45) is 0.959. The summed E-state index contributed by atoms with van der Waals surface area (Å²) in [5.74, 6) is 3.90. The van der Waals surface area contributed by atoms with Gasteiger partial charge >= 0.3 is 0 Å². The van der Waals surface area contributed by atoms with Crippen LogP contribution in [0.4, 0.5) is 0 Å². The first-order chi connectivity index (χ1) is 19.7. The molecule has 0 aliphatic carbocycles. The van der Waals surface area contributed by atoms with Crippen molar-refractivity contribution in [1.29, 1.82) is 0 Å². The van der Waals surface area contributed by atoms with Gasteiger partial charge in [-0.3, -0.25) is 0 Å². The van der Waals surface area contributed by atoms with E-state index in [2.05, 4.69) is 58.9 Å². The zero-order chi connectivity index (χ0) is 30.0. The summed E-state index contributed by atoms with van der Waals surface area (Å²) < 4.78 is 27.3. The molecule has 0 radical (unpaired) electrons. The lowest BCUT2D eigenvalue weighted by molar-refractivity contribution is 0.217. The van der Waals surface area contributed by atoms with E-state index in [1.54, 1.807) is 14.2 Å². The number of aryl methyl sites for hydroxylation is 5. The average Bonchev–Trinajstić information content (AvgIpc) is 2.98. The van der Waals surface area contributed by atoms with Crippen molar-refractivity contribution in [1.82, 2.24) is 0 Å². The molecule has 41 heavy (non-hydrogen) atoms. The van der Waals surface area contributed by atoms with Crippen LogP contribution in [0.5, 0.6) is 28.7 Å². The monoisotopic (exact) mass is 558 g/mol. The Bertz CT molecular complexity index is 1170. The highest BCUT2D eigenvalue weighted by molar-refractivity contribution is 5.53. The predicted octanol–water partition coefficient (Wildman–Crippen LogP) is 8.87. The third-order valence-corrected chi connectivity index (χ3v) is 5.94. The first-order valence-corrected chi connectivity index (χ1v) is 14.0. The normalized spacial score (nSPS) is 9.85. The summed E-state index contributed by atoms with van der Waals surface area (Å²) in [6, 6.07) is 28.4. The first-order valence-electron chi connectivity index (χ1n) is 14.0. The van der Waals surface area contributed by atoms with Crippen molar-refractivity contribution < 1.29 is 23.7 Å². The van der Waals surface area contributed by atoms with Crippen LogP contribution in [0.15, 0.2) is 84.9 Å². The molecular formula is C36H46O5. The Kier molecular flexibility index (Phi) is 14.7. The quantitative estimate of drug-likeness (QED) is 0.182. The molecule has 0 heterocycles. The van der Waals surface area contributed by atoms with E-state index in [0.717, 1.165) is 35.0 Å². The van der Waals surface area contributed by atoms with E-state index in [1.165, 1.54) is 22.3 Å². The van der Waals surface area contributed by atoms with Gasteiger partial charge in [-0.25, -0.2) is 0 Å². The minimum absolute atomic E-state index is 0.553. The van der Waals surface area contributed by atoms with Gasteiger partial charge in [-0.05, 0) is 83.0 Å². The molecule has 4 aromatic carbocycles. The Morgan fingerprint density at radius 2 is 0.780 bits per heavy atom. The van der Waals surface area contributed by atoms with Crippen molar-refractivity contribution in [3.05, 3.63) is 113 Å². The van der Waals surface area contributed by atoms with Crippen LogP contribution in [-0.2, 0) is 0 Å². The summed E-state index contributed by atoms with van der Waals surface area (Å²) in [6.45, 7) is 14.1. The molecule has 0 N–H and O–H groups in total. The van der Waals surface area contributed by atoms with E-state index in [1.807, 2.05) is 67.6 Å². The molecule has 220 valence electrons. The van der Waals surface area contributed by atoms with Gasteiger partial charge in [0.2, 0.25) is 5.75 Å². The second-order valence-corrected chi connectivity index (χ2v) is 9.82. The average molecular weight is 559 g/mol. The Hall–Kier alpha value is -4.12. The molecule has 0 fully saturated rings. The Balaban J connectivity index is 0.000000230. The first kappa shape index (κ1) is 33.1. The summed E-state index contributed by atoms with van der Waals surface area (Å²) in [5, 5.41) is 0. The Morgan fingerprint density at radius 3 is 1.10 bits per heavy atom. The van der Waals surface area contributed by atoms with Gasteiger partial charge in [-0.2, -0.15) is 0 Å². The van der Waals surface area contributed by atoms with Gasteiger partial charge in [0.25, 0.3) is 0 Å². The van der Waals surface area contributed by atoms with Crippen LogP contribution in [0, 0.1) is 34.6 Å². The van der Waals surface area contributed by atoms with E-state index in [9.17, 15) is 0 Å². The SMILES string of the molecule is CCCOc1c(OC)cc(C)cc1OC.Cc1ccc(C)cc1.Cc1ccc(OCCOc2ccc(C)cc2)cc1. The Labute approximate surface area is 247 Å². The number of hydrogen-bond acceptors (Lipinski definition) is 5. The lowest BCUT2D eigenvalue weighted by atomic mass is 10.2. The molecule has 5 heteroatoms. The zero-order valence-electron chi connectivity index (χ0n) is 26.0. The number of hydrogen-bond donors (Lipinski definition) is 0. The van der Waals surface area contributed by atoms with E-state index >= 15 is 0 Å². The van der Waals surface area contributed by atoms with Crippen LogP contribution in [0.25, 0.3) is 0 Å². The maximum absolute atomic E-state index is 5.60. The molecule has 0 atom stereocenters. The van der Waals surface area contributed by atoms with E-state index in [4.69, 9.17) is 23.7 Å². The van der Waals surface area contributed by atoms with Gasteiger partial charge in [-0.1, -0.05) is 77.7 Å². The van der Waals surface area contributed by atoms with Crippen LogP contribution in [0.2, 0.25) is 0 Å². The summed E-state index contributed by atoms with van der Waals surface area (Å²) in [5.41, 5.74) is 6.22. The minimum atomic E-state index is 0.553. The van der Waals surface area contributed by atoms with Crippen molar-refractivity contribution in [3.63, 3.8) is 0 Å². The van der Waals surface area contributed by atoms with E-state index in [-0.39, 0.29) is 0 Å². The van der Waals surface area contributed by atoms with Crippen molar-refractivity contribution in [3.8, 4) is 28.7 Å². The molecule has 4 rings (SSSR count). The smallest absolute Gasteiger partial charge is 0.203 e. The third-order valence-electron chi connectivity index (χ3n) is 5.94. The Morgan fingerprint density at radius 1 is 0.439 bits per heavy atom. The molecule has 0 saturated carbocycles. The standard InChI is InChI=1S/C16H18O2.C12H18O3.C8H10/c1-13-3-7-15(8-4-13)17-11-12-18-16-9-5-14(2)6-10-16;1-5-6-15-12-10(13-3)7-9(2)8-11(12)14-4;1-7-3-5-8(2)6-4-7/h3-10H,11-12H2,1-2H3;7-8H,5-6H2,1-4H3;3-6H,1-2H3. The number of ether oxygens (including phenoxy) is 5. The second-order valence-electron chi connectivity index (χ2n) is 9.82. The molecule has 0 spiro atoms. The molecule has 0 aliphatic heterocycles. The van der Waals surface area contributed by atoms with Gasteiger partial charge in [0.05, 0.1) is 20.8 Å². The zero-order valence-corrected chi connectivity index (χ0v) is 26.0. The molecule has 4 aromatic rings. The predicted molar refractivity (Wildman–Crippen MR) is 169 cm³/mol. The van der Waals surface area contributed by atoms with E-state index < -0.39 is 0 Å². The van der Waals surface area contributed by atoms with Crippen molar-refractivity contribution in [2.75, 3.05) is 34.0 Å². The minimum Gasteiger partial charge on any atom is -0.493 e.